The minimum absolute atomic E-state index is 0.166. The van der Waals surface area contributed by atoms with Gasteiger partial charge in [-0.3, -0.25) is 4.79 Å². The van der Waals surface area contributed by atoms with Gasteiger partial charge >= 0.3 is 0 Å². The average Bonchev–Trinajstić information content (AvgIpc) is 3.12. The molecule has 0 saturated heterocycles. The molecule has 0 unspecified atom stereocenters. The number of nitrogens with zero attached hydrogens (tertiary/aromatic N) is 1. The maximum atomic E-state index is 12.9. The van der Waals surface area contributed by atoms with Crippen LogP contribution in [0.3, 0.4) is 0 Å². The molecule has 5 nitrogen and oxygen atoms in total. The largest absolute Gasteiger partial charge is 0.454 e. The lowest BCUT2D eigenvalue weighted by atomic mass is 10.1. The minimum atomic E-state index is -0.321. The molecular weight excluding hydrogens is 319 g/mol. The van der Waals surface area contributed by atoms with Gasteiger partial charge in [0, 0.05) is 12.1 Å². The standard InChI is InChI=1S/C16H11FN2O3S/c17-10-3-1-9(2-4-10)5-15(20)19-16-18-11-6-12-13(22-8-21-12)7-14(11)23-16/h1-4,6-7H,5,8H2,(H,18,19,20). The Bertz CT molecular complexity index is 851. The molecule has 4 rings (SSSR count). The van der Waals surface area contributed by atoms with Crippen molar-refractivity contribution in [1.82, 2.24) is 4.98 Å². The molecule has 116 valence electrons. The van der Waals surface area contributed by atoms with Crippen molar-refractivity contribution in [2.24, 2.45) is 0 Å². The number of hydrogen-bond donors (Lipinski definition) is 1. The number of nitrogens with one attached hydrogen (secondary N) is 1. The molecule has 1 N–H and O–H groups in total. The van der Waals surface area contributed by atoms with Gasteiger partial charge in [0.2, 0.25) is 12.7 Å². The smallest absolute Gasteiger partial charge is 0.231 e. The molecule has 1 amide bonds. The summed E-state index contributed by atoms with van der Waals surface area (Å²) in [5, 5.41) is 3.27. The van der Waals surface area contributed by atoms with Gasteiger partial charge in [0.15, 0.2) is 16.6 Å². The third kappa shape index (κ3) is 2.83. The molecule has 1 aliphatic heterocycles. The van der Waals surface area contributed by atoms with Gasteiger partial charge in [-0.1, -0.05) is 23.5 Å². The highest BCUT2D eigenvalue weighted by Gasteiger charge is 2.17. The van der Waals surface area contributed by atoms with Crippen molar-refractivity contribution in [3.63, 3.8) is 0 Å². The lowest BCUT2D eigenvalue weighted by Gasteiger charge is -2.01. The Hall–Kier alpha value is -2.67. The maximum Gasteiger partial charge on any atom is 0.231 e. The highest BCUT2D eigenvalue weighted by atomic mass is 32.1. The fraction of sp³-hybridized carbons (Fsp3) is 0.125. The molecule has 2 aromatic carbocycles. The third-order valence-corrected chi connectivity index (χ3v) is 4.34. The number of thiazole rings is 1. The second-order valence-corrected chi connectivity index (χ2v) is 6.07. The molecule has 1 aliphatic rings. The van der Waals surface area contributed by atoms with Crippen molar-refractivity contribution in [2.75, 3.05) is 12.1 Å². The Balaban J connectivity index is 1.51. The van der Waals surface area contributed by atoms with Crippen LogP contribution in [0.25, 0.3) is 10.2 Å². The predicted octanol–water partition coefficient (Wildman–Crippen LogP) is 3.35. The number of carbonyl (C=O) groups excluding carboxylic acids is 1. The first-order chi connectivity index (χ1) is 11.2. The molecule has 23 heavy (non-hydrogen) atoms. The monoisotopic (exact) mass is 330 g/mol. The highest BCUT2D eigenvalue weighted by Crippen LogP contribution is 2.38. The Morgan fingerprint density at radius 3 is 2.74 bits per heavy atom. The molecule has 2 heterocycles. The number of anilines is 1. The zero-order valence-corrected chi connectivity index (χ0v) is 12.7. The Morgan fingerprint density at radius 1 is 1.22 bits per heavy atom. The van der Waals surface area contributed by atoms with Gasteiger partial charge in [0.05, 0.1) is 16.6 Å². The third-order valence-electron chi connectivity index (χ3n) is 3.41. The summed E-state index contributed by atoms with van der Waals surface area (Å²) in [6, 6.07) is 9.50. The van der Waals surface area contributed by atoms with E-state index in [9.17, 15) is 9.18 Å². The molecule has 0 atom stereocenters. The highest BCUT2D eigenvalue weighted by molar-refractivity contribution is 7.22. The number of ether oxygens (including phenoxy) is 2. The van der Waals surface area contributed by atoms with Crippen LogP contribution in [0, 0.1) is 5.82 Å². The lowest BCUT2D eigenvalue weighted by Crippen LogP contribution is -2.14. The van der Waals surface area contributed by atoms with E-state index in [1.165, 1.54) is 23.5 Å². The van der Waals surface area contributed by atoms with Crippen molar-refractivity contribution in [3.05, 3.63) is 47.8 Å². The van der Waals surface area contributed by atoms with Crippen molar-refractivity contribution >= 4 is 32.6 Å². The van der Waals surface area contributed by atoms with E-state index in [1.54, 1.807) is 18.2 Å². The summed E-state index contributed by atoms with van der Waals surface area (Å²) in [4.78, 5) is 16.4. The number of rotatable bonds is 3. The van der Waals surface area contributed by atoms with Gasteiger partial charge in [0.1, 0.15) is 5.82 Å². The fourth-order valence-electron chi connectivity index (χ4n) is 2.32. The summed E-state index contributed by atoms with van der Waals surface area (Å²) in [5.41, 5.74) is 1.49. The predicted molar refractivity (Wildman–Crippen MR) is 84.5 cm³/mol. The Morgan fingerprint density at radius 2 is 1.96 bits per heavy atom. The first-order valence-electron chi connectivity index (χ1n) is 6.92. The summed E-state index contributed by atoms with van der Waals surface area (Å²) in [6.07, 6.45) is 0.166. The van der Waals surface area contributed by atoms with E-state index >= 15 is 0 Å². The zero-order chi connectivity index (χ0) is 15.8. The number of benzene rings is 2. The van der Waals surface area contributed by atoms with Crippen LogP contribution in [-0.2, 0) is 11.2 Å². The summed E-state index contributed by atoms with van der Waals surface area (Å²) in [7, 11) is 0. The van der Waals surface area contributed by atoms with Crippen molar-refractivity contribution in [1.29, 1.82) is 0 Å². The van der Waals surface area contributed by atoms with E-state index in [0.29, 0.717) is 16.6 Å². The van der Waals surface area contributed by atoms with E-state index < -0.39 is 0 Å². The van der Waals surface area contributed by atoms with Crippen molar-refractivity contribution < 1.29 is 18.7 Å². The fourth-order valence-corrected chi connectivity index (χ4v) is 3.21. The van der Waals surface area contributed by atoms with E-state index in [0.717, 1.165) is 15.8 Å². The molecule has 7 heteroatoms. The van der Waals surface area contributed by atoms with E-state index in [-0.39, 0.29) is 24.9 Å². The second kappa shape index (κ2) is 5.51. The zero-order valence-electron chi connectivity index (χ0n) is 11.8. The van der Waals surface area contributed by atoms with Crippen LogP contribution in [-0.4, -0.2) is 17.7 Å². The molecule has 3 aromatic rings. The van der Waals surface area contributed by atoms with Gasteiger partial charge < -0.3 is 14.8 Å². The second-order valence-electron chi connectivity index (χ2n) is 5.04. The molecule has 0 saturated carbocycles. The number of aromatic nitrogens is 1. The van der Waals surface area contributed by atoms with E-state index in [2.05, 4.69) is 10.3 Å². The maximum absolute atomic E-state index is 12.9. The number of carbonyl (C=O) groups is 1. The quantitative estimate of drug-likeness (QED) is 0.800. The molecule has 0 bridgehead atoms. The van der Waals surface area contributed by atoms with Gasteiger partial charge in [-0.25, -0.2) is 9.37 Å². The van der Waals surface area contributed by atoms with Crippen molar-refractivity contribution in [3.8, 4) is 11.5 Å². The number of fused-ring (bicyclic) bond motifs is 2. The number of hydrogen-bond acceptors (Lipinski definition) is 5. The summed E-state index contributed by atoms with van der Waals surface area (Å²) in [5.74, 6) is 0.825. The summed E-state index contributed by atoms with van der Waals surface area (Å²) in [6.45, 7) is 0.216. The summed E-state index contributed by atoms with van der Waals surface area (Å²) < 4.78 is 24.4. The van der Waals surface area contributed by atoms with E-state index in [1.807, 2.05) is 6.07 Å². The molecule has 0 fully saturated rings. The number of halogens is 1. The normalized spacial score (nSPS) is 12.6. The molecule has 1 aromatic heterocycles. The Kier molecular flexibility index (Phi) is 3.34. The van der Waals surface area contributed by atoms with Crippen LogP contribution in [0.1, 0.15) is 5.56 Å². The van der Waals surface area contributed by atoms with Crippen LogP contribution >= 0.6 is 11.3 Å². The molecule has 0 radical (unpaired) electrons. The molecular formula is C16H11FN2O3S. The minimum Gasteiger partial charge on any atom is -0.454 e. The summed E-state index contributed by atoms with van der Waals surface area (Å²) >= 11 is 1.37. The molecule has 0 aliphatic carbocycles. The average molecular weight is 330 g/mol. The van der Waals surface area contributed by atoms with Gasteiger partial charge in [0.25, 0.3) is 0 Å². The van der Waals surface area contributed by atoms with Crippen LogP contribution in [0.4, 0.5) is 9.52 Å². The van der Waals surface area contributed by atoms with Crippen LogP contribution in [0.15, 0.2) is 36.4 Å². The number of amides is 1. The van der Waals surface area contributed by atoms with Crippen LogP contribution < -0.4 is 14.8 Å². The SMILES string of the molecule is O=C(Cc1ccc(F)cc1)Nc1nc2cc3c(cc2s1)OCO3. The lowest BCUT2D eigenvalue weighted by molar-refractivity contribution is -0.115. The van der Waals surface area contributed by atoms with E-state index in [4.69, 9.17) is 9.47 Å². The molecule has 0 spiro atoms. The van der Waals surface area contributed by atoms with Crippen molar-refractivity contribution in [2.45, 2.75) is 6.42 Å². The Labute approximate surface area is 134 Å². The first kappa shape index (κ1) is 14.0. The van der Waals surface area contributed by atoms with Gasteiger partial charge in [-0.05, 0) is 17.7 Å². The van der Waals surface area contributed by atoms with Gasteiger partial charge in [-0.15, -0.1) is 0 Å². The van der Waals surface area contributed by atoms with Crippen LogP contribution in [0.5, 0.6) is 11.5 Å². The van der Waals surface area contributed by atoms with Gasteiger partial charge in [-0.2, -0.15) is 0 Å². The van der Waals surface area contributed by atoms with Crippen LogP contribution in [0.2, 0.25) is 0 Å². The topological polar surface area (TPSA) is 60.5 Å². The first-order valence-corrected chi connectivity index (χ1v) is 7.73.